The smallest absolute Gasteiger partial charge is 0.0237 e. The molecule has 0 amide bonds. The summed E-state index contributed by atoms with van der Waals surface area (Å²) in [4.78, 5) is 2.33. The third kappa shape index (κ3) is 4.75. The van der Waals surface area contributed by atoms with E-state index >= 15 is 0 Å². The molecule has 0 saturated carbocycles. The molecule has 0 aromatic rings. The van der Waals surface area contributed by atoms with Crippen molar-refractivity contribution in [2.75, 3.05) is 38.7 Å². The van der Waals surface area contributed by atoms with E-state index in [1.165, 1.54) is 24.5 Å². The number of nitrogens with one attached hydrogen (secondary N) is 1. The van der Waals surface area contributed by atoms with Gasteiger partial charge in [-0.05, 0) is 50.4 Å². The summed E-state index contributed by atoms with van der Waals surface area (Å²) in [5.74, 6) is 4.38. The monoisotopic (exact) mass is 230 g/mol. The molecule has 2 unspecified atom stereocenters. The first kappa shape index (κ1) is 13.3. The molecule has 0 aromatic carbocycles. The summed E-state index contributed by atoms with van der Waals surface area (Å²) in [5.41, 5.74) is 0. The fourth-order valence-corrected chi connectivity index (χ4v) is 3.48. The number of rotatable bonds is 6. The molecule has 1 fully saturated rings. The molecule has 1 aliphatic rings. The van der Waals surface area contributed by atoms with Gasteiger partial charge < -0.3 is 10.2 Å². The van der Waals surface area contributed by atoms with Crippen molar-refractivity contribution in [1.82, 2.24) is 10.2 Å². The van der Waals surface area contributed by atoms with Crippen LogP contribution in [-0.4, -0.2) is 49.6 Å². The highest BCUT2D eigenvalue weighted by atomic mass is 32.2. The fraction of sp³-hybridized carbons (Fsp3) is 1.00. The summed E-state index contributed by atoms with van der Waals surface area (Å²) < 4.78 is 0. The maximum Gasteiger partial charge on any atom is 0.0237 e. The Kier molecular flexibility index (Phi) is 6.02. The zero-order valence-corrected chi connectivity index (χ0v) is 11.4. The van der Waals surface area contributed by atoms with E-state index in [0.717, 1.165) is 18.4 Å². The Labute approximate surface area is 99.2 Å². The van der Waals surface area contributed by atoms with Crippen LogP contribution in [0.4, 0.5) is 0 Å². The summed E-state index contributed by atoms with van der Waals surface area (Å²) in [6.07, 6.45) is 1.41. The topological polar surface area (TPSA) is 15.3 Å². The van der Waals surface area contributed by atoms with Gasteiger partial charge in [-0.2, -0.15) is 11.8 Å². The van der Waals surface area contributed by atoms with Gasteiger partial charge in [0.15, 0.2) is 0 Å². The Hall–Kier alpha value is 0.270. The molecule has 1 N–H and O–H groups in total. The Morgan fingerprint density at radius 2 is 2.13 bits per heavy atom. The van der Waals surface area contributed by atoms with Gasteiger partial charge >= 0.3 is 0 Å². The van der Waals surface area contributed by atoms with Crippen LogP contribution in [0.25, 0.3) is 0 Å². The lowest BCUT2D eigenvalue weighted by atomic mass is 10.0. The third-order valence-corrected chi connectivity index (χ3v) is 4.47. The van der Waals surface area contributed by atoms with Gasteiger partial charge in [-0.1, -0.05) is 13.8 Å². The van der Waals surface area contributed by atoms with Crippen LogP contribution < -0.4 is 5.32 Å². The van der Waals surface area contributed by atoms with Gasteiger partial charge in [-0.15, -0.1) is 0 Å². The van der Waals surface area contributed by atoms with E-state index in [4.69, 9.17) is 0 Å². The Morgan fingerprint density at radius 3 is 2.60 bits per heavy atom. The Balaban J connectivity index is 2.15. The van der Waals surface area contributed by atoms with E-state index in [-0.39, 0.29) is 0 Å². The highest BCUT2D eigenvalue weighted by Crippen LogP contribution is 2.22. The largest absolute Gasteiger partial charge is 0.315 e. The lowest BCUT2D eigenvalue weighted by Gasteiger charge is -2.28. The molecule has 0 aromatic heterocycles. The lowest BCUT2D eigenvalue weighted by Crippen LogP contribution is -2.42. The minimum absolute atomic E-state index is 0.666. The van der Waals surface area contributed by atoms with Gasteiger partial charge in [-0.3, -0.25) is 0 Å². The van der Waals surface area contributed by atoms with Gasteiger partial charge in [0.1, 0.15) is 0 Å². The average Bonchev–Trinajstić information content (AvgIpc) is 2.63. The van der Waals surface area contributed by atoms with E-state index in [0.29, 0.717) is 6.04 Å². The lowest BCUT2D eigenvalue weighted by molar-refractivity contribution is 0.222. The Morgan fingerprint density at radius 1 is 1.40 bits per heavy atom. The molecular formula is C12H26N2S. The van der Waals surface area contributed by atoms with Crippen molar-refractivity contribution in [3.63, 3.8) is 0 Å². The maximum atomic E-state index is 3.64. The van der Waals surface area contributed by atoms with Crippen LogP contribution in [0.1, 0.15) is 20.3 Å². The van der Waals surface area contributed by atoms with E-state index in [2.05, 4.69) is 49.9 Å². The zero-order valence-electron chi connectivity index (χ0n) is 10.6. The average molecular weight is 230 g/mol. The standard InChI is InChI=1S/C12H26N2S/c1-10(2)12(14(3)4)8-13-7-11-5-6-15-9-11/h10-13H,5-9H2,1-4H3. The van der Waals surface area contributed by atoms with Crippen molar-refractivity contribution in [3.8, 4) is 0 Å². The molecule has 2 atom stereocenters. The number of hydrogen-bond acceptors (Lipinski definition) is 3. The molecule has 3 heteroatoms. The van der Waals surface area contributed by atoms with Gasteiger partial charge in [0.05, 0.1) is 0 Å². The second-order valence-corrected chi connectivity index (χ2v) is 6.31. The van der Waals surface area contributed by atoms with Crippen LogP contribution in [0.2, 0.25) is 0 Å². The molecule has 0 bridgehead atoms. The molecule has 2 nitrogen and oxygen atoms in total. The summed E-state index contributed by atoms with van der Waals surface area (Å²) >= 11 is 2.10. The molecule has 90 valence electrons. The summed E-state index contributed by atoms with van der Waals surface area (Å²) in [6.45, 7) is 6.95. The maximum absolute atomic E-state index is 3.64. The van der Waals surface area contributed by atoms with Crippen molar-refractivity contribution in [1.29, 1.82) is 0 Å². The molecule has 1 rings (SSSR count). The second-order valence-electron chi connectivity index (χ2n) is 5.16. The van der Waals surface area contributed by atoms with Gasteiger partial charge in [0, 0.05) is 12.6 Å². The summed E-state index contributed by atoms with van der Waals surface area (Å²) in [7, 11) is 4.36. The fourth-order valence-electron chi connectivity index (χ4n) is 2.19. The Bertz CT molecular complexity index is 157. The highest BCUT2D eigenvalue weighted by molar-refractivity contribution is 7.99. The summed E-state index contributed by atoms with van der Waals surface area (Å²) in [6, 6.07) is 0.666. The summed E-state index contributed by atoms with van der Waals surface area (Å²) in [5, 5.41) is 3.64. The van der Waals surface area contributed by atoms with E-state index < -0.39 is 0 Å². The molecule has 0 aliphatic carbocycles. The van der Waals surface area contributed by atoms with Crippen molar-refractivity contribution >= 4 is 11.8 Å². The molecule has 0 radical (unpaired) electrons. The molecule has 1 heterocycles. The quantitative estimate of drug-likeness (QED) is 0.750. The van der Waals surface area contributed by atoms with E-state index in [1.807, 2.05) is 0 Å². The number of likely N-dealkylation sites (N-methyl/N-ethyl adjacent to an activating group) is 1. The van der Waals surface area contributed by atoms with Crippen LogP contribution in [0, 0.1) is 11.8 Å². The van der Waals surface area contributed by atoms with Crippen molar-refractivity contribution < 1.29 is 0 Å². The molecule has 15 heavy (non-hydrogen) atoms. The van der Waals surface area contributed by atoms with Crippen LogP contribution >= 0.6 is 11.8 Å². The molecule has 1 saturated heterocycles. The van der Waals surface area contributed by atoms with Gasteiger partial charge in [0.25, 0.3) is 0 Å². The van der Waals surface area contributed by atoms with Gasteiger partial charge in [-0.25, -0.2) is 0 Å². The van der Waals surface area contributed by atoms with Crippen LogP contribution in [0.3, 0.4) is 0 Å². The van der Waals surface area contributed by atoms with E-state index in [9.17, 15) is 0 Å². The molecule has 1 aliphatic heterocycles. The third-order valence-electron chi connectivity index (χ3n) is 3.24. The first-order chi connectivity index (χ1) is 7.11. The second kappa shape index (κ2) is 6.77. The molecule has 0 spiro atoms. The minimum Gasteiger partial charge on any atom is -0.315 e. The number of thioether (sulfide) groups is 1. The number of nitrogens with zero attached hydrogens (tertiary/aromatic N) is 1. The predicted octanol–water partition coefficient (Wildman–Crippen LogP) is 1.92. The van der Waals surface area contributed by atoms with Crippen LogP contribution in [-0.2, 0) is 0 Å². The van der Waals surface area contributed by atoms with E-state index in [1.54, 1.807) is 0 Å². The van der Waals surface area contributed by atoms with Gasteiger partial charge in [0.2, 0.25) is 0 Å². The number of hydrogen-bond donors (Lipinski definition) is 1. The van der Waals surface area contributed by atoms with Crippen molar-refractivity contribution in [2.24, 2.45) is 11.8 Å². The highest BCUT2D eigenvalue weighted by Gasteiger charge is 2.18. The first-order valence-electron chi connectivity index (χ1n) is 6.06. The minimum atomic E-state index is 0.666. The predicted molar refractivity (Wildman–Crippen MR) is 70.6 cm³/mol. The van der Waals surface area contributed by atoms with Crippen LogP contribution in [0.15, 0.2) is 0 Å². The first-order valence-corrected chi connectivity index (χ1v) is 7.21. The normalized spacial score (nSPS) is 24.0. The SMILES string of the molecule is CC(C)C(CNCC1CCSC1)N(C)C. The molecular weight excluding hydrogens is 204 g/mol. The van der Waals surface area contributed by atoms with Crippen LogP contribution in [0.5, 0.6) is 0 Å². The zero-order chi connectivity index (χ0) is 11.3. The van der Waals surface area contributed by atoms with Crippen molar-refractivity contribution in [3.05, 3.63) is 0 Å². The van der Waals surface area contributed by atoms with Crippen molar-refractivity contribution in [2.45, 2.75) is 26.3 Å².